The second-order valence-corrected chi connectivity index (χ2v) is 7.55. The van der Waals surface area contributed by atoms with Gasteiger partial charge in [-0.15, -0.1) is 22.6 Å². The van der Waals surface area contributed by atoms with Crippen LogP contribution in [0.5, 0.6) is 0 Å². The molecule has 6 nitrogen and oxygen atoms in total. The molecule has 0 spiro atoms. The van der Waals surface area contributed by atoms with Crippen LogP contribution in [0.2, 0.25) is 0 Å². The standard InChI is InChI=1S/C21H21FN6.ClH/c1-12-7-20(27-28-11-13(2)24-21(12)28)19-10-16-17(22)8-15(9-18(16)25-26-19)14-3-5-23-6-4-14;/h7-11,14,23H,3-6H2,1-2H3;1H. The van der Waals surface area contributed by atoms with E-state index in [1.165, 1.54) is 0 Å². The average Bonchev–Trinajstić information content (AvgIpc) is 3.09. The zero-order valence-corrected chi connectivity index (χ0v) is 17.1. The molecule has 1 aliphatic rings. The fourth-order valence-electron chi connectivity index (χ4n) is 4.01. The molecule has 0 saturated carbocycles. The van der Waals surface area contributed by atoms with Gasteiger partial charge >= 0.3 is 0 Å². The molecule has 0 aliphatic carbocycles. The van der Waals surface area contributed by atoms with E-state index in [0.29, 0.717) is 28.2 Å². The Morgan fingerprint density at radius 3 is 2.62 bits per heavy atom. The van der Waals surface area contributed by atoms with Gasteiger partial charge in [0, 0.05) is 5.39 Å². The zero-order chi connectivity index (χ0) is 19.3. The number of piperidine rings is 1. The molecule has 1 saturated heterocycles. The van der Waals surface area contributed by atoms with Gasteiger partial charge in [0.05, 0.1) is 17.4 Å². The molecule has 0 amide bonds. The maximum atomic E-state index is 14.9. The third-order valence-electron chi connectivity index (χ3n) is 5.48. The van der Waals surface area contributed by atoms with Crippen molar-refractivity contribution in [1.82, 2.24) is 30.1 Å². The third kappa shape index (κ3) is 3.56. The van der Waals surface area contributed by atoms with Crippen LogP contribution in [0.1, 0.15) is 35.6 Å². The summed E-state index contributed by atoms with van der Waals surface area (Å²) in [5.74, 6) is 0.122. The van der Waals surface area contributed by atoms with Crippen molar-refractivity contribution < 1.29 is 4.39 Å². The molecule has 3 aromatic heterocycles. The number of halogens is 2. The molecular weight excluding hydrogens is 391 g/mol. The second kappa shape index (κ2) is 7.65. The minimum atomic E-state index is -0.251. The highest BCUT2D eigenvalue weighted by molar-refractivity contribution is 5.85. The van der Waals surface area contributed by atoms with Crippen LogP contribution in [0.25, 0.3) is 27.9 Å². The van der Waals surface area contributed by atoms with E-state index in [-0.39, 0.29) is 18.2 Å². The van der Waals surface area contributed by atoms with E-state index in [4.69, 9.17) is 0 Å². The molecule has 4 heterocycles. The van der Waals surface area contributed by atoms with E-state index in [1.54, 1.807) is 16.6 Å². The quantitative estimate of drug-likeness (QED) is 0.539. The second-order valence-electron chi connectivity index (χ2n) is 7.55. The lowest BCUT2D eigenvalue weighted by molar-refractivity contribution is 0.459. The van der Waals surface area contributed by atoms with Gasteiger partial charge < -0.3 is 5.32 Å². The van der Waals surface area contributed by atoms with E-state index in [2.05, 4.69) is 25.6 Å². The maximum absolute atomic E-state index is 14.9. The summed E-state index contributed by atoms with van der Waals surface area (Å²) in [7, 11) is 0. The zero-order valence-electron chi connectivity index (χ0n) is 16.3. The molecule has 1 aromatic carbocycles. The smallest absolute Gasteiger partial charge is 0.156 e. The first kappa shape index (κ1) is 19.7. The highest BCUT2D eigenvalue weighted by atomic mass is 35.5. The van der Waals surface area contributed by atoms with Gasteiger partial charge in [-0.2, -0.15) is 5.10 Å². The van der Waals surface area contributed by atoms with Gasteiger partial charge in [0.2, 0.25) is 0 Å². The van der Waals surface area contributed by atoms with E-state index < -0.39 is 0 Å². The third-order valence-corrected chi connectivity index (χ3v) is 5.48. The minimum absolute atomic E-state index is 0. The summed E-state index contributed by atoms with van der Waals surface area (Å²) in [5.41, 5.74) is 5.51. The number of imidazole rings is 1. The summed E-state index contributed by atoms with van der Waals surface area (Å²) >= 11 is 0. The van der Waals surface area contributed by atoms with Crippen molar-refractivity contribution >= 4 is 29.0 Å². The fraction of sp³-hybridized carbons (Fsp3) is 0.333. The van der Waals surface area contributed by atoms with Gasteiger partial charge in [-0.3, -0.25) is 0 Å². The summed E-state index contributed by atoms with van der Waals surface area (Å²) in [4.78, 5) is 4.47. The molecular formula is C21H22ClFN6. The Kier molecular flexibility index (Phi) is 5.19. The number of benzene rings is 1. The van der Waals surface area contributed by atoms with Crippen LogP contribution in [-0.4, -0.2) is 37.9 Å². The predicted octanol–water partition coefficient (Wildman–Crippen LogP) is 3.98. The molecule has 1 N–H and O–H groups in total. The molecule has 4 aromatic rings. The Hall–Kier alpha value is -2.64. The number of aryl methyl sites for hydroxylation is 2. The van der Waals surface area contributed by atoms with Gasteiger partial charge in [0.15, 0.2) is 5.65 Å². The molecule has 0 unspecified atom stereocenters. The van der Waals surface area contributed by atoms with Gasteiger partial charge in [0.1, 0.15) is 17.2 Å². The minimum Gasteiger partial charge on any atom is -0.317 e. The average molecular weight is 413 g/mol. The Bertz CT molecular complexity index is 1200. The number of nitrogens with one attached hydrogen (secondary N) is 1. The highest BCUT2D eigenvalue weighted by Crippen LogP contribution is 2.30. The molecule has 5 rings (SSSR count). The molecule has 0 atom stereocenters. The van der Waals surface area contributed by atoms with Crippen LogP contribution in [-0.2, 0) is 0 Å². The lowest BCUT2D eigenvalue weighted by Gasteiger charge is -2.23. The van der Waals surface area contributed by atoms with Crippen LogP contribution in [0.15, 0.2) is 30.5 Å². The molecule has 150 valence electrons. The lowest BCUT2D eigenvalue weighted by Crippen LogP contribution is -2.26. The van der Waals surface area contributed by atoms with Crippen molar-refractivity contribution in [3.05, 3.63) is 53.1 Å². The Labute approximate surface area is 174 Å². The van der Waals surface area contributed by atoms with E-state index in [9.17, 15) is 4.39 Å². The first-order valence-corrected chi connectivity index (χ1v) is 9.60. The van der Waals surface area contributed by atoms with Crippen molar-refractivity contribution in [3.8, 4) is 11.4 Å². The van der Waals surface area contributed by atoms with Crippen LogP contribution >= 0.6 is 12.4 Å². The predicted molar refractivity (Wildman–Crippen MR) is 113 cm³/mol. The van der Waals surface area contributed by atoms with Crippen LogP contribution in [0.4, 0.5) is 4.39 Å². The van der Waals surface area contributed by atoms with Gasteiger partial charge in [-0.1, -0.05) is 0 Å². The van der Waals surface area contributed by atoms with Gasteiger partial charge in [0.25, 0.3) is 0 Å². The Morgan fingerprint density at radius 1 is 1.03 bits per heavy atom. The molecule has 1 fully saturated rings. The molecule has 8 heteroatoms. The monoisotopic (exact) mass is 412 g/mol. The van der Waals surface area contributed by atoms with Crippen molar-refractivity contribution in [3.63, 3.8) is 0 Å². The number of hydrogen-bond acceptors (Lipinski definition) is 5. The molecule has 0 bridgehead atoms. The number of aromatic nitrogens is 5. The Balaban J connectivity index is 0.00000205. The lowest BCUT2D eigenvalue weighted by atomic mass is 9.89. The fourth-order valence-corrected chi connectivity index (χ4v) is 4.01. The summed E-state index contributed by atoms with van der Waals surface area (Å²) in [6, 6.07) is 7.29. The summed E-state index contributed by atoms with van der Waals surface area (Å²) in [6.07, 6.45) is 3.90. The SMILES string of the molecule is Cc1cn2nc(-c3cc4c(F)cc(C5CCNCC5)cc4nn3)cc(C)c2n1.Cl. The van der Waals surface area contributed by atoms with Crippen LogP contribution < -0.4 is 5.32 Å². The number of hydrogen-bond donors (Lipinski definition) is 1. The summed E-state index contributed by atoms with van der Waals surface area (Å²) in [6.45, 7) is 5.85. The topological polar surface area (TPSA) is 68.0 Å². The van der Waals surface area contributed by atoms with Gasteiger partial charge in [-0.05, 0) is 81.1 Å². The normalized spacial score (nSPS) is 15.0. The van der Waals surface area contributed by atoms with Crippen LogP contribution in [0, 0.1) is 19.7 Å². The first-order valence-electron chi connectivity index (χ1n) is 9.60. The molecule has 1 aliphatic heterocycles. The number of nitrogens with zero attached hydrogens (tertiary/aromatic N) is 5. The maximum Gasteiger partial charge on any atom is 0.156 e. The molecule has 0 radical (unpaired) electrons. The van der Waals surface area contributed by atoms with Gasteiger partial charge in [-0.25, -0.2) is 13.9 Å². The number of rotatable bonds is 2. The Morgan fingerprint density at radius 2 is 1.83 bits per heavy atom. The summed E-state index contributed by atoms with van der Waals surface area (Å²) < 4.78 is 16.7. The molecule has 29 heavy (non-hydrogen) atoms. The highest BCUT2D eigenvalue weighted by Gasteiger charge is 2.18. The van der Waals surface area contributed by atoms with Crippen molar-refractivity contribution in [1.29, 1.82) is 0 Å². The van der Waals surface area contributed by atoms with Crippen LogP contribution in [0.3, 0.4) is 0 Å². The van der Waals surface area contributed by atoms with E-state index in [1.807, 2.05) is 32.2 Å². The van der Waals surface area contributed by atoms with Crippen molar-refractivity contribution in [2.24, 2.45) is 0 Å². The first-order chi connectivity index (χ1) is 13.6. The van der Waals surface area contributed by atoms with Crippen molar-refractivity contribution in [2.45, 2.75) is 32.6 Å². The number of fused-ring (bicyclic) bond motifs is 2. The summed E-state index contributed by atoms with van der Waals surface area (Å²) in [5, 5.41) is 17.1. The van der Waals surface area contributed by atoms with Crippen molar-refractivity contribution in [2.75, 3.05) is 13.1 Å². The van der Waals surface area contributed by atoms with E-state index >= 15 is 0 Å². The largest absolute Gasteiger partial charge is 0.317 e. The van der Waals surface area contributed by atoms with E-state index in [0.717, 1.165) is 48.4 Å².